The van der Waals surface area contributed by atoms with Gasteiger partial charge in [-0.1, -0.05) is 30.3 Å². The van der Waals surface area contributed by atoms with Crippen LogP contribution in [0.25, 0.3) is 0 Å². The molecule has 0 radical (unpaired) electrons. The number of nitrogens with one attached hydrogen (secondary N) is 2. The Morgan fingerprint density at radius 2 is 1.54 bits per heavy atom. The first-order valence-corrected chi connectivity index (χ1v) is 8.48. The van der Waals surface area contributed by atoms with Crippen LogP contribution in [0.5, 0.6) is 0 Å². The van der Waals surface area contributed by atoms with Gasteiger partial charge >= 0.3 is 0 Å². The minimum absolute atomic E-state index is 0.226. The van der Waals surface area contributed by atoms with Gasteiger partial charge in [0.05, 0.1) is 11.6 Å². The molecule has 0 saturated carbocycles. The maximum absolute atomic E-state index is 12.7. The third-order valence-corrected chi connectivity index (χ3v) is 3.78. The fourth-order valence-corrected chi connectivity index (χ4v) is 2.55. The molecular weight excluding hydrogens is 326 g/mol. The highest BCUT2D eigenvalue weighted by atomic mass is 16.1. The smallest absolute Gasteiger partial charge is 0.255 e. The zero-order chi connectivity index (χ0) is 18.4. The highest BCUT2D eigenvalue weighted by molar-refractivity contribution is 5.94. The van der Waals surface area contributed by atoms with Crippen molar-refractivity contribution in [2.45, 2.75) is 25.9 Å². The molecule has 2 aromatic heterocycles. The van der Waals surface area contributed by atoms with Crippen molar-refractivity contribution in [2.75, 3.05) is 5.32 Å². The first-order chi connectivity index (χ1) is 12.6. The number of pyridine rings is 1. The van der Waals surface area contributed by atoms with Crippen LogP contribution in [-0.4, -0.2) is 26.9 Å². The Balaban J connectivity index is 1.81. The van der Waals surface area contributed by atoms with Crippen LogP contribution in [0.15, 0.2) is 67.3 Å². The van der Waals surface area contributed by atoms with Gasteiger partial charge in [-0.3, -0.25) is 9.78 Å². The first-order valence-electron chi connectivity index (χ1n) is 8.48. The van der Waals surface area contributed by atoms with Crippen LogP contribution in [0.4, 0.5) is 5.95 Å². The summed E-state index contributed by atoms with van der Waals surface area (Å²) in [7, 11) is 0. The number of aromatic nitrogens is 3. The number of hydrogen-bond donors (Lipinski definition) is 2. The molecule has 1 amide bonds. The number of benzene rings is 1. The van der Waals surface area contributed by atoms with Crippen molar-refractivity contribution in [3.8, 4) is 0 Å². The first kappa shape index (κ1) is 17.5. The minimum atomic E-state index is -0.278. The van der Waals surface area contributed by atoms with E-state index in [0.717, 1.165) is 11.1 Å². The van der Waals surface area contributed by atoms with Crippen molar-refractivity contribution in [2.24, 2.45) is 0 Å². The molecule has 0 aliphatic carbocycles. The molecule has 0 fully saturated rings. The van der Waals surface area contributed by atoms with Crippen LogP contribution in [-0.2, 0) is 0 Å². The van der Waals surface area contributed by atoms with Gasteiger partial charge in [-0.05, 0) is 37.1 Å². The SMILES string of the molecule is CC(C)Nc1ncc(C(=O)N[C@H](c2ccccc2)c2ccncc2)cn1. The summed E-state index contributed by atoms with van der Waals surface area (Å²) in [6, 6.07) is 13.5. The molecule has 1 atom stereocenters. The molecule has 132 valence electrons. The van der Waals surface area contributed by atoms with Gasteiger partial charge in [-0.2, -0.15) is 0 Å². The lowest BCUT2D eigenvalue weighted by molar-refractivity contribution is 0.0942. The molecule has 0 unspecified atom stereocenters. The molecule has 26 heavy (non-hydrogen) atoms. The second-order valence-corrected chi connectivity index (χ2v) is 6.19. The molecule has 1 aromatic carbocycles. The van der Waals surface area contributed by atoms with Crippen LogP contribution in [0.2, 0.25) is 0 Å². The Kier molecular flexibility index (Phi) is 5.53. The number of hydrogen-bond acceptors (Lipinski definition) is 5. The van der Waals surface area contributed by atoms with Crippen LogP contribution in [0, 0.1) is 0 Å². The number of carbonyl (C=O) groups excluding carboxylic acids is 1. The van der Waals surface area contributed by atoms with E-state index in [2.05, 4.69) is 25.6 Å². The van der Waals surface area contributed by atoms with E-state index in [-0.39, 0.29) is 18.0 Å². The Labute approximate surface area is 152 Å². The Hall–Kier alpha value is -3.28. The highest BCUT2D eigenvalue weighted by Gasteiger charge is 2.18. The molecule has 2 N–H and O–H groups in total. The highest BCUT2D eigenvalue weighted by Crippen LogP contribution is 2.21. The van der Waals surface area contributed by atoms with Crippen LogP contribution in [0.1, 0.15) is 41.4 Å². The van der Waals surface area contributed by atoms with E-state index in [1.165, 1.54) is 12.4 Å². The summed E-state index contributed by atoms with van der Waals surface area (Å²) in [6.07, 6.45) is 6.49. The normalized spacial score (nSPS) is 11.8. The van der Waals surface area contributed by atoms with Gasteiger partial charge in [-0.25, -0.2) is 9.97 Å². The van der Waals surface area contributed by atoms with Gasteiger partial charge in [0.2, 0.25) is 5.95 Å². The fourth-order valence-electron chi connectivity index (χ4n) is 2.55. The zero-order valence-electron chi connectivity index (χ0n) is 14.8. The fraction of sp³-hybridized carbons (Fsp3) is 0.200. The predicted octanol–water partition coefficient (Wildman–Crippen LogP) is 3.21. The van der Waals surface area contributed by atoms with E-state index in [9.17, 15) is 4.79 Å². The summed E-state index contributed by atoms with van der Waals surface area (Å²) in [5.41, 5.74) is 2.36. The van der Waals surface area contributed by atoms with Crippen LogP contribution >= 0.6 is 0 Å². The quantitative estimate of drug-likeness (QED) is 0.716. The topological polar surface area (TPSA) is 79.8 Å². The minimum Gasteiger partial charge on any atom is -0.352 e. The summed E-state index contributed by atoms with van der Waals surface area (Å²) in [5.74, 6) is 0.275. The predicted molar refractivity (Wildman–Crippen MR) is 101 cm³/mol. The lowest BCUT2D eigenvalue weighted by Gasteiger charge is -2.19. The average Bonchev–Trinajstić information content (AvgIpc) is 2.67. The number of nitrogens with zero attached hydrogens (tertiary/aromatic N) is 3. The van der Waals surface area contributed by atoms with Gasteiger partial charge in [0.15, 0.2) is 0 Å². The van der Waals surface area contributed by atoms with Gasteiger partial charge < -0.3 is 10.6 Å². The van der Waals surface area contributed by atoms with Gasteiger partial charge in [0.1, 0.15) is 0 Å². The summed E-state index contributed by atoms with van der Waals surface area (Å²) in [5, 5.41) is 6.16. The van der Waals surface area contributed by atoms with Crippen molar-refractivity contribution < 1.29 is 4.79 Å². The van der Waals surface area contributed by atoms with E-state index >= 15 is 0 Å². The third kappa shape index (κ3) is 4.42. The monoisotopic (exact) mass is 347 g/mol. The standard InChI is InChI=1S/C20H21N5O/c1-14(2)24-20-22-12-17(13-23-20)19(26)25-18(15-6-4-3-5-7-15)16-8-10-21-11-9-16/h3-14,18H,1-2H3,(H,25,26)(H,22,23,24)/t18-/m1/s1. The molecule has 6 nitrogen and oxygen atoms in total. The largest absolute Gasteiger partial charge is 0.352 e. The van der Waals surface area contributed by atoms with Crippen molar-refractivity contribution in [3.63, 3.8) is 0 Å². The van der Waals surface area contributed by atoms with E-state index < -0.39 is 0 Å². The molecule has 0 aliphatic heterocycles. The summed E-state index contributed by atoms with van der Waals surface area (Å²) in [6.45, 7) is 4.01. The summed E-state index contributed by atoms with van der Waals surface area (Å²) < 4.78 is 0. The van der Waals surface area contributed by atoms with Crippen LogP contribution < -0.4 is 10.6 Å². The van der Waals surface area contributed by atoms with Crippen molar-refractivity contribution >= 4 is 11.9 Å². The lowest BCUT2D eigenvalue weighted by atomic mass is 9.99. The molecule has 0 aliphatic rings. The van der Waals surface area contributed by atoms with Gasteiger partial charge in [0.25, 0.3) is 5.91 Å². The second kappa shape index (κ2) is 8.20. The number of rotatable bonds is 6. The molecule has 2 heterocycles. The molecule has 3 rings (SSSR count). The van der Waals surface area contributed by atoms with E-state index in [1.807, 2.05) is 56.3 Å². The Bertz CT molecular complexity index is 796. The number of amides is 1. The number of carbonyl (C=O) groups is 1. The summed E-state index contributed by atoms with van der Waals surface area (Å²) >= 11 is 0. The second-order valence-electron chi connectivity index (χ2n) is 6.19. The molecule has 0 saturated heterocycles. The van der Waals surface area contributed by atoms with Crippen molar-refractivity contribution in [1.82, 2.24) is 20.3 Å². The molecule has 3 aromatic rings. The van der Waals surface area contributed by atoms with Gasteiger partial charge in [-0.15, -0.1) is 0 Å². The zero-order valence-corrected chi connectivity index (χ0v) is 14.8. The van der Waals surface area contributed by atoms with E-state index in [0.29, 0.717) is 11.5 Å². The van der Waals surface area contributed by atoms with Crippen molar-refractivity contribution in [3.05, 3.63) is 83.9 Å². The molecule has 0 spiro atoms. The maximum atomic E-state index is 12.7. The van der Waals surface area contributed by atoms with Gasteiger partial charge in [0, 0.05) is 30.8 Å². The third-order valence-electron chi connectivity index (χ3n) is 3.78. The molecule has 0 bridgehead atoms. The van der Waals surface area contributed by atoms with Crippen molar-refractivity contribution in [1.29, 1.82) is 0 Å². The molecule has 6 heteroatoms. The maximum Gasteiger partial charge on any atom is 0.255 e. The number of anilines is 1. The molecular formula is C20H21N5O. The average molecular weight is 347 g/mol. The van der Waals surface area contributed by atoms with E-state index in [1.54, 1.807) is 12.4 Å². The Morgan fingerprint density at radius 3 is 2.15 bits per heavy atom. The summed E-state index contributed by atoms with van der Waals surface area (Å²) in [4.78, 5) is 25.2. The lowest BCUT2D eigenvalue weighted by Crippen LogP contribution is -2.29. The van der Waals surface area contributed by atoms with E-state index in [4.69, 9.17) is 0 Å². The Morgan fingerprint density at radius 1 is 0.923 bits per heavy atom. The van der Waals surface area contributed by atoms with Crippen LogP contribution in [0.3, 0.4) is 0 Å².